The Bertz CT molecular complexity index is 1230. The highest BCUT2D eigenvalue weighted by Crippen LogP contribution is 2.33. The average Bonchev–Trinajstić information content (AvgIpc) is 2.76. The van der Waals surface area contributed by atoms with Crippen molar-refractivity contribution < 1.29 is 22.3 Å². The normalized spacial score (nSPS) is 13.6. The minimum absolute atomic E-state index is 0.0224. The van der Waals surface area contributed by atoms with Crippen molar-refractivity contribution in [3.05, 3.63) is 83.7 Å². The molecule has 3 aromatic rings. The molecule has 0 radical (unpaired) electrons. The Balaban J connectivity index is 1.63. The molecule has 3 aromatic carbocycles. The van der Waals surface area contributed by atoms with E-state index in [0.717, 1.165) is 28.9 Å². The zero-order chi connectivity index (χ0) is 22.0. The van der Waals surface area contributed by atoms with E-state index in [4.69, 9.17) is 4.74 Å². The van der Waals surface area contributed by atoms with Gasteiger partial charge < -0.3 is 9.64 Å². The Labute approximate surface area is 180 Å². The summed E-state index contributed by atoms with van der Waals surface area (Å²) in [6.45, 7) is 0.443. The van der Waals surface area contributed by atoms with Crippen LogP contribution < -0.4 is 14.4 Å². The molecule has 160 valence electrons. The zero-order valence-electron chi connectivity index (χ0n) is 16.8. The molecule has 0 aromatic heterocycles. The third-order valence-corrected chi connectivity index (χ3v) is 6.53. The highest BCUT2D eigenvalue weighted by Gasteiger charge is 2.26. The van der Waals surface area contributed by atoms with Gasteiger partial charge in [-0.1, -0.05) is 30.3 Å². The second-order valence-corrected chi connectivity index (χ2v) is 8.86. The van der Waals surface area contributed by atoms with Crippen LogP contribution in [0.25, 0.3) is 0 Å². The molecular weight excluding hydrogens is 419 g/mol. The highest BCUT2D eigenvalue weighted by molar-refractivity contribution is 7.92. The second kappa shape index (κ2) is 8.39. The molecule has 8 heteroatoms. The van der Waals surface area contributed by atoms with Gasteiger partial charge in [0.25, 0.3) is 10.0 Å². The first kappa shape index (κ1) is 20.9. The van der Waals surface area contributed by atoms with Crippen molar-refractivity contribution >= 4 is 27.3 Å². The van der Waals surface area contributed by atoms with E-state index >= 15 is 0 Å². The largest absolute Gasteiger partial charge is 0.495 e. The number of hydrogen-bond acceptors (Lipinski definition) is 4. The van der Waals surface area contributed by atoms with Crippen molar-refractivity contribution in [2.45, 2.75) is 24.3 Å². The van der Waals surface area contributed by atoms with Gasteiger partial charge >= 0.3 is 0 Å². The first-order valence-electron chi connectivity index (χ1n) is 9.71. The van der Waals surface area contributed by atoms with Gasteiger partial charge in [0, 0.05) is 17.8 Å². The van der Waals surface area contributed by atoms with Crippen molar-refractivity contribution in [1.29, 1.82) is 0 Å². The summed E-state index contributed by atoms with van der Waals surface area (Å²) in [4.78, 5) is 14.0. The van der Waals surface area contributed by atoms with Gasteiger partial charge in [-0.15, -0.1) is 0 Å². The molecule has 0 bridgehead atoms. The number of hydrogen-bond donors (Lipinski definition) is 1. The Morgan fingerprint density at radius 1 is 1.03 bits per heavy atom. The zero-order valence-corrected chi connectivity index (χ0v) is 17.7. The maximum absolute atomic E-state index is 13.7. The molecule has 4 rings (SSSR count). The number of halogens is 1. The predicted molar refractivity (Wildman–Crippen MR) is 116 cm³/mol. The molecule has 0 aliphatic carbocycles. The molecule has 0 fully saturated rings. The van der Waals surface area contributed by atoms with Gasteiger partial charge in [-0.3, -0.25) is 9.52 Å². The topological polar surface area (TPSA) is 75.7 Å². The van der Waals surface area contributed by atoms with Crippen molar-refractivity contribution in [3.8, 4) is 5.75 Å². The molecule has 1 aliphatic heterocycles. The Morgan fingerprint density at radius 2 is 1.81 bits per heavy atom. The molecule has 1 heterocycles. The summed E-state index contributed by atoms with van der Waals surface area (Å²) in [7, 11) is -2.75. The predicted octanol–water partition coefficient (Wildman–Crippen LogP) is 4.11. The number of nitrogens with zero attached hydrogens (tertiary/aromatic N) is 1. The number of nitrogens with one attached hydrogen (secondary N) is 1. The maximum Gasteiger partial charge on any atom is 0.265 e. The molecule has 31 heavy (non-hydrogen) atoms. The van der Waals surface area contributed by atoms with E-state index in [0.29, 0.717) is 25.1 Å². The summed E-state index contributed by atoms with van der Waals surface area (Å²) in [5, 5.41) is 0. The quantitative estimate of drug-likeness (QED) is 0.626. The number of carbonyl (C=O) groups is 1. The van der Waals surface area contributed by atoms with Gasteiger partial charge in [-0.05, 0) is 53.9 Å². The molecule has 0 spiro atoms. The number of benzene rings is 3. The van der Waals surface area contributed by atoms with Crippen LogP contribution >= 0.6 is 0 Å². The van der Waals surface area contributed by atoms with E-state index in [2.05, 4.69) is 4.72 Å². The van der Waals surface area contributed by atoms with Gasteiger partial charge in [0.05, 0.1) is 13.7 Å². The van der Waals surface area contributed by atoms with E-state index in [-0.39, 0.29) is 16.6 Å². The van der Waals surface area contributed by atoms with Gasteiger partial charge in [-0.2, -0.15) is 0 Å². The summed E-state index contributed by atoms with van der Waals surface area (Å²) in [5.41, 5.74) is 2.96. The van der Waals surface area contributed by atoms with Gasteiger partial charge in [0.15, 0.2) is 0 Å². The molecule has 0 atom stereocenters. The molecule has 1 N–H and O–H groups in total. The van der Waals surface area contributed by atoms with E-state index in [9.17, 15) is 17.6 Å². The average molecular weight is 440 g/mol. The van der Waals surface area contributed by atoms with Gasteiger partial charge in [0.1, 0.15) is 16.5 Å². The summed E-state index contributed by atoms with van der Waals surface area (Å²) < 4.78 is 46.9. The number of rotatable bonds is 6. The van der Waals surface area contributed by atoms with E-state index < -0.39 is 15.8 Å². The van der Waals surface area contributed by atoms with Gasteiger partial charge in [0.2, 0.25) is 5.91 Å². The fourth-order valence-electron chi connectivity index (χ4n) is 3.63. The Morgan fingerprint density at radius 3 is 2.55 bits per heavy atom. The van der Waals surface area contributed by atoms with Crippen LogP contribution in [-0.2, 0) is 27.8 Å². The SMILES string of the molecule is COc1ccc(F)cc1S(=O)(=O)Nc1ccc2c(c1)CCC(=O)N2Cc1ccccc1. The van der Waals surface area contributed by atoms with Crippen LogP contribution in [0.3, 0.4) is 0 Å². The van der Waals surface area contributed by atoms with Crippen LogP contribution in [0, 0.1) is 5.82 Å². The van der Waals surface area contributed by atoms with Crippen molar-refractivity contribution in [3.63, 3.8) is 0 Å². The first-order valence-corrected chi connectivity index (χ1v) is 11.2. The first-order chi connectivity index (χ1) is 14.9. The molecular formula is C23H21FN2O4S. The fraction of sp³-hybridized carbons (Fsp3) is 0.174. The van der Waals surface area contributed by atoms with Crippen LogP contribution in [0.5, 0.6) is 5.75 Å². The van der Waals surface area contributed by atoms with E-state index in [1.807, 2.05) is 30.3 Å². The van der Waals surface area contributed by atoms with Crippen LogP contribution in [-0.4, -0.2) is 21.4 Å². The highest BCUT2D eigenvalue weighted by atomic mass is 32.2. The van der Waals surface area contributed by atoms with Crippen LogP contribution in [0.2, 0.25) is 0 Å². The number of sulfonamides is 1. The number of amides is 1. The molecule has 0 saturated heterocycles. The fourth-order valence-corrected chi connectivity index (χ4v) is 4.86. The lowest BCUT2D eigenvalue weighted by atomic mass is 10.00. The summed E-state index contributed by atoms with van der Waals surface area (Å²) >= 11 is 0. The Kier molecular flexibility index (Phi) is 5.65. The summed E-state index contributed by atoms with van der Waals surface area (Å²) in [6.07, 6.45) is 0.853. The van der Waals surface area contributed by atoms with E-state index in [1.54, 1.807) is 23.1 Å². The minimum Gasteiger partial charge on any atom is -0.495 e. The monoisotopic (exact) mass is 440 g/mol. The second-order valence-electron chi connectivity index (χ2n) is 7.21. The van der Waals surface area contributed by atoms with Gasteiger partial charge in [-0.25, -0.2) is 12.8 Å². The molecule has 1 amide bonds. The molecule has 6 nitrogen and oxygen atoms in total. The lowest BCUT2D eigenvalue weighted by Gasteiger charge is -2.30. The minimum atomic E-state index is -4.07. The Hall–Kier alpha value is -3.39. The molecule has 1 aliphatic rings. The van der Waals surface area contributed by atoms with Crippen molar-refractivity contribution in [2.24, 2.45) is 0 Å². The van der Waals surface area contributed by atoms with Crippen LogP contribution in [0.15, 0.2) is 71.6 Å². The van der Waals surface area contributed by atoms with Crippen LogP contribution in [0.1, 0.15) is 17.5 Å². The molecule has 0 saturated carbocycles. The number of fused-ring (bicyclic) bond motifs is 1. The number of carbonyl (C=O) groups excluding carboxylic acids is 1. The molecule has 0 unspecified atom stereocenters. The van der Waals surface area contributed by atoms with Crippen LogP contribution in [0.4, 0.5) is 15.8 Å². The number of anilines is 2. The van der Waals surface area contributed by atoms with Crippen molar-refractivity contribution in [1.82, 2.24) is 0 Å². The summed E-state index contributed by atoms with van der Waals surface area (Å²) in [5.74, 6) is -0.609. The summed E-state index contributed by atoms with van der Waals surface area (Å²) in [6, 6.07) is 18.0. The number of methoxy groups -OCH3 is 1. The maximum atomic E-state index is 13.7. The van der Waals surface area contributed by atoms with E-state index in [1.165, 1.54) is 13.2 Å². The number of aryl methyl sites for hydroxylation is 1. The number of ether oxygens (including phenoxy) is 1. The standard InChI is InChI=1S/C23H21FN2O4S/c1-30-21-11-8-18(24)14-22(21)31(28,29)25-19-9-10-20-17(13-19)7-12-23(27)26(20)15-16-5-3-2-4-6-16/h2-6,8-11,13-14,25H,7,12,15H2,1H3. The van der Waals surface area contributed by atoms with Crippen molar-refractivity contribution in [2.75, 3.05) is 16.7 Å². The third-order valence-electron chi connectivity index (χ3n) is 5.13. The third kappa shape index (κ3) is 4.39. The lowest BCUT2D eigenvalue weighted by Crippen LogP contribution is -2.34. The lowest BCUT2D eigenvalue weighted by molar-refractivity contribution is -0.119. The smallest absolute Gasteiger partial charge is 0.265 e.